The van der Waals surface area contributed by atoms with E-state index in [1.165, 1.54) is 5.56 Å². The Morgan fingerprint density at radius 3 is 2.94 bits per heavy atom. The van der Waals surface area contributed by atoms with E-state index in [4.69, 9.17) is 9.47 Å². The molecule has 3 heteroatoms. The van der Waals surface area contributed by atoms with E-state index in [1.807, 2.05) is 25.1 Å². The summed E-state index contributed by atoms with van der Waals surface area (Å²) in [6.45, 7) is 2.30. The Kier molecular flexibility index (Phi) is 2.44. The fraction of sp³-hybridized carbons (Fsp3) is 0.500. The zero-order valence-corrected chi connectivity index (χ0v) is 9.89. The third kappa shape index (κ3) is 1.65. The second-order valence-corrected chi connectivity index (χ2v) is 4.75. The maximum atomic E-state index is 11.7. The molecule has 0 aromatic heterocycles. The number of carbonyl (C=O) groups excluding carboxylic acids is 1. The van der Waals surface area contributed by atoms with Crippen LogP contribution in [0.3, 0.4) is 0 Å². The summed E-state index contributed by atoms with van der Waals surface area (Å²) < 4.78 is 10.9. The molecule has 2 aliphatic rings. The van der Waals surface area contributed by atoms with Crippen LogP contribution in [-0.4, -0.2) is 18.7 Å². The van der Waals surface area contributed by atoms with Crippen LogP contribution in [0.5, 0.6) is 0 Å². The van der Waals surface area contributed by atoms with Crippen LogP contribution in [0.1, 0.15) is 25.3 Å². The molecule has 2 fully saturated rings. The molecule has 1 aromatic carbocycles. The molecule has 0 bridgehead atoms. The molecule has 0 amide bonds. The second-order valence-electron chi connectivity index (χ2n) is 4.75. The maximum Gasteiger partial charge on any atom is 0.309 e. The first kappa shape index (κ1) is 10.8. The highest BCUT2D eigenvalue weighted by Crippen LogP contribution is 2.59. The SMILES string of the molecule is CCOC(=O)[C@@H]1C[C@@H]2O[C@]2(c2ccccc2)C1. The predicted molar refractivity (Wildman–Crippen MR) is 62.4 cm³/mol. The van der Waals surface area contributed by atoms with Crippen LogP contribution in [0.4, 0.5) is 0 Å². The Bertz CT molecular complexity index is 428. The van der Waals surface area contributed by atoms with Crippen LogP contribution < -0.4 is 0 Å². The quantitative estimate of drug-likeness (QED) is 0.592. The van der Waals surface area contributed by atoms with Gasteiger partial charge in [0.05, 0.1) is 18.6 Å². The lowest BCUT2D eigenvalue weighted by Gasteiger charge is -2.14. The number of epoxide rings is 1. The molecule has 1 saturated heterocycles. The molecule has 3 nitrogen and oxygen atoms in total. The van der Waals surface area contributed by atoms with Gasteiger partial charge in [-0.1, -0.05) is 30.3 Å². The molecule has 3 atom stereocenters. The average molecular weight is 232 g/mol. The number of carbonyl (C=O) groups is 1. The predicted octanol–water partition coefficient (Wildman–Crippen LogP) is 2.25. The standard InChI is InChI=1S/C14H16O3/c1-2-16-13(15)10-8-12-14(9-10,17-12)11-6-4-3-5-7-11/h3-7,10,12H,2,8-9H2,1H3/t10-,12+,14+/m1/s1. The lowest BCUT2D eigenvalue weighted by atomic mass is 9.95. The van der Waals surface area contributed by atoms with Crippen LogP contribution in [0.2, 0.25) is 0 Å². The number of esters is 1. The van der Waals surface area contributed by atoms with E-state index in [0.29, 0.717) is 6.61 Å². The lowest BCUT2D eigenvalue weighted by Crippen LogP contribution is -2.19. The second kappa shape index (κ2) is 3.84. The van der Waals surface area contributed by atoms with Crippen molar-refractivity contribution < 1.29 is 14.3 Å². The molecule has 0 spiro atoms. The highest BCUT2D eigenvalue weighted by molar-refractivity contribution is 5.73. The Hall–Kier alpha value is -1.35. The molecule has 1 aromatic rings. The zero-order valence-electron chi connectivity index (χ0n) is 9.89. The molecule has 1 heterocycles. The third-order valence-corrected chi connectivity index (χ3v) is 3.75. The van der Waals surface area contributed by atoms with E-state index in [0.717, 1.165) is 12.8 Å². The van der Waals surface area contributed by atoms with E-state index in [1.54, 1.807) is 0 Å². The summed E-state index contributed by atoms with van der Waals surface area (Å²) in [6.07, 6.45) is 1.77. The van der Waals surface area contributed by atoms with E-state index in [-0.39, 0.29) is 23.6 Å². The van der Waals surface area contributed by atoms with E-state index < -0.39 is 0 Å². The summed E-state index contributed by atoms with van der Waals surface area (Å²) in [4.78, 5) is 11.7. The molecule has 0 unspecified atom stereocenters. The number of rotatable bonds is 3. The van der Waals surface area contributed by atoms with Gasteiger partial charge >= 0.3 is 5.97 Å². The van der Waals surface area contributed by atoms with Gasteiger partial charge in [0.15, 0.2) is 0 Å². The first-order chi connectivity index (χ1) is 8.26. The molecule has 1 saturated carbocycles. The van der Waals surface area contributed by atoms with Crippen molar-refractivity contribution in [2.45, 2.75) is 31.5 Å². The van der Waals surface area contributed by atoms with E-state index in [9.17, 15) is 4.79 Å². The topological polar surface area (TPSA) is 38.8 Å². The largest absolute Gasteiger partial charge is 0.466 e. The Balaban J connectivity index is 1.75. The smallest absolute Gasteiger partial charge is 0.309 e. The Morgan fingerprint density at radius 1 is 1.47 bits per heavy atom. The molecule has 1 aliphatic carbocycles. The Labute approximate surface area is 101 Å². The third-order valence-electron chi connectivity index (χ3n) is 3.75. The van der Waals surface area contributed by atoms with Gasteiger partial charge in [0.25, 0.3) is 0 Å². The van der Waals surface area contributed by atoms with Crippen molar-refractivity contribution in [3.05, 3.63) is 35.9 Å². The van der Waals surface area contributed by atoms with Crippen LogP contribution in [0.15, 0.2) is 30.3 Å². The van der Waals surface area contributed by atoms with Crippen molar-refractivity contribution in [3.8, 4) is 0 Å². The number of fused-ring (bicyclic) bond motifs is 1. The zero-order chi connectivity index (χ0) is 11.9. The molecular formula is C14H16O3. The van der Waals surface area contributed by atoms with Gasteiger partial charge in [-0.25, -0.2) is 0 Å². The summed E-state index contributed by atoms with van der Waals surface area (Å²) in [5.41, 5.74) is 0.996. The Morgan fingerprint density at radius 2 is 2.24 bits per heavy atom. The van der Waals surface area contributed by atoms with Gasteiger partial charge in [0, 0.05) is 0 Å². The van der Waals surface area contributed by atoms with Crippen molar-refractivity contribution >= 4 is 5.97 Å². The van der Waals surface area contributed by atoms with Crippen LogP contribution in [0, 0.1) is 5.92 Å². The van der Waals surface area contributed by atoms with Gasteiger partial charge in [-0.3, -0.25) is 4.79 Å². The number of ether oxygens (including phenoxy) is 2. The maximum absolute atomic E-state index is 11.7. The molecule has 0 N–H and O–H groups in total. The van der Waals surface area contributed by atoms with Crippen molar-refractivity contribution in [2.24, 2.45) is 5.92 Å². The average Bonchev–Trinajstić information content (AvgIpc) is 2.94. The number of hydrogen-bond acceptors (Lipinski definition) is 3. The molecule has 1 aliphatic heterocycles. The van der Waals surface area contributed by atoms with Gasteiger partial charge in [-0.2, -0.15) is 0 Å². The van der Waals surface area contributed by atoms with Gasteiger partial charge in [0.1, 0.15) is 5.60 Å². The molecular weight excluding hydrogens is 216 g/mol. The van der Waals surface area contributed by atoms with Crippen molar-refractivity contribution in [3.63, 3.8) is 0 Å². The fourth-order valence-corrected chi connectivity index (χ4v) is 2.88. The summed E-state index contributed by atoms with van der Waals surface area (Å²) in [7, 11) is 0. The lowest BCUT2D eigenvalue weighted by molar-refractivity contribution is -0.149. The summed E-state index contributed by atoms with van der Waals surface area (Å²) in [5, 5.41) is 0. The minimum atomic E-state index is -0.196. The number of benzene rings is 1. The highest BCUT2D eigenvalue weighted by atomic mass is 16.6. The van der Waals surface area contributed by atoms with Crippen LogP contribution >= 0.6 is 0 Å². The molecule has 17 heavy (non-hydrogen) atoms. The van der Waals surface area contributed by atoms with Gasteiger partial charge in [0.2, 0.25) is 0 Å². The summed E-state index contributed by atoms with van der Waals surface area (Å²) in [5.74, 6) is -0.0625. The molecule has 90 valence electrons. The summed E-state index contributed by atoms with van der Waals surface area (Å²) in [6, 6.07) is 10.2. The van der Waals surface area contributed by atoms with E-state index in [2.05, 4.69) is 12.1 Å². The summed E-state index contributed by atoms with van der Waals surface area (Å²) >= 11 is 0. The van der Waals surface area contributed by atoms with Crippen molar-refractivity contribution in [1.29, 1.82) is 0 Å². The van der Waals surface area contributed by atoms with Crippen molar-refractivity contribution in [2.75, 3.05) is 6.61 Å². The van der Waals surface area contributed by atoms with Crippen LogP contribution in [-0.2, 0) is 19.9 Å². The number of hydrogen-bond donors (Lipinski definition) is 0. The van der Waals surface area contributed by atoms with Gasteiger partial charge < -0.3 is 9.47 Å². The highest BCUT2D eigenvalue weighted by Gasteiger charge is 2.64. The fourth-order valence-electron chi connectivity index (χ4n) is 2.88. The normalized spacial score (nSPS) is 34.2. The minimum Gasteiger partial charge on any atom is -0.466 e. The first-order valence-corrected chi connectivity index (χ1v) is 6.16. The van der Waals surface area contributed by atoms with Gasteiger partial charge in [-0.05, 0) is 25.3 Å². The minimum absolute atomic E-state index is 0.00825. The van der Waals surface area contributed by atoms with Crippen LogP contribution in [0.25, 0.3) is 0 Å². The first-order valence-electron chi connectivity index (χ1n) is 6.16. The molecule has 0 radical (unpaired) electrons. The van der Waals surface area contributed by atoms with Crippen molar-refractivity contribution in [1.82, 2.24) is 0 Å². The molecule has 3 rings (SSSR count). The monoisotopic (exact) mass is 232 g/mol. The van der Waals surface area contributed by atoms with Gasteiger partial charge in [-0.15, -0.1) is 0 Å². The van der Waals surface area contributed by atoms with E-state index >= 15 is 0 Å².